The summed E-state index contributed by atoms with van der Waals surface area (Å²) in [5.41, 5.74) is 3.68. The Balaban J connectivity index is 1.39. The van der Waals surface area contributed by atoms with Crippen molar-refractivity contribution in [2.45, 2.75) is 13.5 Å². The van der Waals surface area contributed by atoms with E-state index < -0.39 is 5.82 Å². The Bertz CT molecular complexity index is 1440. The number of aliphatic imine (C=N–C) groups is 1. The quantitative estimate of drug-likeness (QED) is 0.269. The van der Waals surface area contributed by atoms with Gasteiger partial charge in [0.05, 0.1) is 36.1 Å². The summed E-state index contributed by atoms with van der Waals surface area (Å²) in [4.78, 5) is 9.08. The van der Waals surface area contributed by atoms with Crippen molar-refractivity contribution in [3.05, 3.63) is 76.3 Å². The minimum Gasteiger partial charge on any atom is -0.493 e. The molecule has 3 N–H and O–H groups in total. The van der Waals surface area contributed by atoms with Gasteiger partial charge < -0.3 is 19.4 Å². The third-order valence-corrected chi connectivity index (χ3v) is 6.35. The summed E-state index contributed by atoms with van der Waals surface area (Å²) < 4.78 is 29.0. The number of fused-ring (bicyclic) bond motifs is 2. The average molecular weight is 539 g/mol. The molecule has 0 unspecified atom stereocenters. The van der Waals surface area contributed by atoms with Crippen LogP contribution >= 0.6 is 15.9 Å². The zero-order valence-corrected chi connectivity index (χ0v) is 20.8. The monoisotopic (exact) mass is 538 g/mol. The van der Waals surface area contributed by atoms with Crippen LogP contribution in [0.4, 0.5) is 15.8 Å². The summed E-state index contributed by atoms with van der Waals surface area (Å²) >= 11 is 3.27. The maximum absolute atomic E-state index is 14.5. The molecular formula is C25H24BrFN6O2. The number of ether oxygens (including phenoxy) is 2. The second-order valence-electron chi connectivity index (χ2n) is 7.98. The fourth-order valence-electron chi connectivity index (χ4n) is 4.17. The minimum absolute atomic E-state index is 0.210. The number of hydrogen-bond donors (Lipinski definition) is 2. The zero-order valence-electron chi connectivity index (χ0n) is 19.3. The summed E-state index contributed by atoms with van der Waals surface area (Å²) in [6.45, 7) is 3.33. The number of hydrazine groups is 1. The van der Waals surface area contributed by atoms with Gasteiger partial charge in [0.2, 0.25) is 0 Å². The Morgan fingerprint density at radius 3 is 2.80 bits per heavy atom. The van der Waals surface area contributed by atoms with E-state index in [4.69, 9.17) is 15.3 Å². The van der Waals surface area contributed by atoms with Crippen LogP contribution in [0.5, 0.6) is 11.5 Å². The largest absolute Gasteiger partial charge is 0.493 e. The lowest BCUT2D eigenvalue weighted by Gasteiger charge is -2.27. The van der Waals surface area contributed by atoms with Crippen LogP contribution < -0.4 is 25.6 Å². The average Bonchev–Trinajstić information content (AvgIpc) is 3.17. The highest BCUT2D eigenvalue weighted by atomic mass is 79.9. The summed E-state index contributed by atoms with van der Waals surface area (Å²) in [6, 6.07) is 16.4. The highest BCUT2D eigenvalue weighted by molar-refractivity contribution is 9.10. The molecule has 10 heteroatoms. The fraction of sp³-hybridized carbons (Fsp3) is 0.200. The standard InChI is InChI=1S/C25H24BrFN6O2/c1-15-31-19-5-3-4-6-22(19)32(15)9-10-35-24-13-20-17(12-23(24)34-2)25(30-14-29-20)33(28)21-8-7-16(26)11-18(21)27/h3-8,11-13,29H,9-10,14,28H2,1-2H3. The number of halogens is 2. The lowest BCUT2D eigenvalue weighted by Crippen LogP contribution is -2.41. The van der Waals surface area contributed by atoms with Gasteiger partial charge in [0.1, 0.15) is 24.9 Å². The molecule has 1 aliphatic heterocycles. The molecule has 4 aromatic rings. The fourth-order valence-corrected chi connectivity index (χ4v) is 4.50. The van der Waals surface area contributed by atoms with E-state index in [2.05, 4.69) is 35.8 Å². The molecule has 0 bridgehead atoms. The van der Waals surface area contributed by atoms with Crippen molar-refractivity contribution < 1.29 is 13.9 Å². The smallest absolute Gasteiger partial charge is 0.163 e. The number of imidazole rings is 1. The number of rotatable bonds is 6. The van der Waals surface area contributed by atoms with Gasteiger partial charge in [-0.1, -0.05) is 28.1 Å². The van der Waals surface area contributed by atoms with Gasteiger partial charge in [-0.15, -0.1) is 0 Å². The topological polar surface area (TPSA) is 89.9 Å². The van der Waals surface area contributed by atoms with Crippen molar-refractivity contribution in [1.29, 1.82) is 0 Å². The van der Waals surface area contributed by atoms with Crippen molar-refractivity contribution in [2.24, 2.45) is 10.8 Å². The first-order chi connectivity index (χ1) is 17.0. The molecule has 0 aliphatic carbocycles. The number of aromatic nitrogens is 2. The minimum atomic E-state index is -0.459. The van der Waals surface area contributed by atoms with Crippen molar-refractivity contribution in [1.82, 2.24) is 9.55 Å². The number of nitrogens with one attached hydrogen (secondary N) is 1. The van der Waals surface area contributed by atoms with Gasteiger partial charge in [0, 0.05) is 16.1 Å². The van der Waals surface area contributed by atoms with Crippen LogP contribution in [0.2, 0.25) is 0 Å². The van der Waals surface area contributed by atoms with Gasteiger partial charge in [-0.3, -0.25) is 5.01 Å². The first kappa shape index (κ1) is 23.1. The first-order valence-electron chi connectivity index (χ1n) is 11.0. The molecule has 35 heavy (non-hydrogen) atoms. The van der Waals surface area contributed by atoms with Crippen LogP contribution in [0.25, 0.3) is 11.0 Å². The molecular weight excluding hydrogens is 515 g/mol. The van der Waals surface area contributed by atoms with Crippen LogP contribution in [0.15, 0.2) is 64.1 Å². The van der Waals surface area contributed by atoms with Gasteiger partial charge in [0.15, 0.2) is 17.3 Å². The van der Waals surface area contributed by atoms with E-state index >= 15 is 0 Å². The molecule has 0 atom stereocenters. The predicted molar refractivity (Wildman–Crippen MR) is 139 cm³/mol. The van der Waals surface area contributed by atoms with Gasteiger partial charge >= 0.3 is 0 Å². The number of nitrogens with two attached hydrogens (primary N) is 1. The molecule has 0 fully saturated rings. The second-order valence-corrected chi connectivity index (χ2v) is 8.89. The number of methoxy groups -OCH3 is 1. The number of hydrogen-bond acceptors (Lipinski definition) is 7. The van der Waals surface area contributed by atoms with Gasteiger partial charge in [-0.05, 0) is 43.3 Å². The van der Waals surface area contributed by atoms with E-state index in [1.165, 1.54) is 11.1 Å². The van der Waals surface area contributed by atoms with E-state index in [0.717, 1.165) is 22.5 Å². The van der Waals surface area contributed by atoms with Crippen LogP contribution in [-0.2, 0) is 6.54 Å². The van der Waals surface area contributed by atoms with E-state index in [9.17, 15) is 4.39 Å². The number of aryl methyl sites for hydroxylation is 1. The Morgan fingerprint density at radius 2 is 2.00 bits per heavy atom. The Kier molecular flexibility index (Phi) is 6.31. The van der Waals surface area contributed by atoms with Crippen LogP contribution in [0, 0.1) is 12.7 Å². The van der Waals surface area contributed by atoms with E-state index in [1.54, 1.807) is 25.3 Å². The second kappa shape index (κ2) is 9.55. The van der Waals surface area contributed by atoms with Crippen LogP contribution in [0.3, 0.4) is 0 Å². The molecule has 5 rings (SSSR count). The summed E-state index contributed by atoms with van der Waals surface area (Å²) in [5.74, 6) is 8.30. The Morgan fingerprint density at radius 1 is 1.17 bits per heavy atom. The zero-order chi connectivity index (χ0) is 24.5. The highest BCUT2D eigenvalue weighted by Crippen LogP contribution is 2.36. The SMILES string of the molecule is COc1cc2c(cc1OCCn1c(C)nc3ccccc31)NCN=C2N(N)c1ccc(Br)cc1F. The van der Waals surface area contributed by atoms with Crippen molar-refractivity contribution >= 4 is 44.2 Å². The molecule has 2 heterocycles. The maximum Gasteiger partial charge on any atom is 0.163 e. The normalized spacial score (nSPS) is 12.7. The molecule has 0 saturated heterocycles. The van der Waals surface area contributed by atoms with Crippen LogP contribution in [-0.4, -0.2) is 35.8 Å². The van der Waals surface area contributed by atoms with Crippen molar-refractivity contribution in [3.63, 3.8) is 0 Å². The molecule has 0 spiro atoms. The molecule has 0 radical (unpaired) electrons. The van der Waals surface area contributed by atoms with Gasteiger partial charge in [-0.25, -0.2) is 20.2 Å². The number of anilines is 2. The Labute approximate surface area is 210 Å². The third kappa shape index (κ3) is 4.42. The number of amidine groups is 1. The lowest BCUT2D eigenvalue weighted by molar-refractivity contribution is 0.280. The van der Waals surface area contributed by atoms with Crippen molar-refractivity contribution in [3.8, 4) is 11.5 Å². The number of benzene rings is 3. The van der Waals surface area contributed by atoms with E-state index in [1.807, 2.05) is 37.3 Å². The molecule has 180 valence electrons. The van der Waals surface area contributed by atoms with Gasteiger partial charge in [-0.2, -0.15) is 0 Å². The summed E-state index contributed by atoms with van der Waals surface area (Å²) in [6.07, 6.45) is 0. The van der Waals surface area contributed by atoms with Crippen molar-refractivity contribution in [2.75, 3.05) is 30.7 Å². The predicted octanol–water partition coefficient (Wildman–Crippen LogP) is 4.84. The summed E-state index contributed by atoms with van der Waals surface area (Å²) in [7, 11) is 1.57. The van der Waals surface area contributed by atoms with E-state index in [-0.39, 0.29) is 5.69 Å². The molecule has 0 amide bonds. The highest BCUT2D eigenvalue weighted by Gasteiger charge is 2.24. The Hall–Kier alpha value is -3.63. The number of para-hydroxylation sites is 2. The molecule has 0 saturated carbocycles. The van der Waals surface area contributed by atoms with Gasteiger partial charge in [0.25, 0.3) is 0 Å². The summed E-state index contributed by atoms with van der Waals surface area (Å²) in [5, 5.41) is 4.47. The number of nitrogens with zero attached hydrogens (tertiary/aromatic N) is 4. The van der Waals surface area contributed by atoms with Crippen LogP contribution in [0.1, 0.15) is 11.4 Å². The maximum atomic E-state index is 14.5. The molecule has 1 aliphatic rings. The van der Waals surface area contributed by atoms with E-state index in [0.29, 0.717) is 47.2 Å². The molecule has 3 aromatic carbocycles. The first-order valence-corrected chi connectivity index (χ1v) is 11.8. The molecule has 1 aromatic heterocycles. The lowest BCUT2D eigenvalue weighted by atomic mass is 10.1. The third-order valence-electron chi connectivity index (χ3n) is 5.86. The molecule has 8 nitrogen and oxygen atoms in total.